The van der Waals surface area contributed by atoms with Crippen LogP contribution in [0.5, 0.6) is 0 Å². The molecule has 0 aliphatic carbocycles. The van der Waals surface area contributed by atoms with E-state index in [0.717, 1.165) is 36.9 Å². The lowest BCUT2D eigenvalue weighted by molar-refractivity contribution is -0.124. The first kappa shape index (κ1) is 14.7. The monoisotopic (exact) mass is 302 g/mol. The van der Waals surface area contributed by atoms with Crippen LogP contribution < -0.4 is 5.32 Å². The Balaban J connectivity index is 1.65. The van der Waals surface area contributed by atoms with Gasteiger partial charge in [-0.3, -0.25) is 4.79 Å². The van der Waals surface area contributed by atoms with Crippen LogP contribution in [-0.4, -0.2) is 30.2 Å². The van der Waals surface area contributed by atoms with Gasteiger partial charge in [0.05, 0.1) is 6.54 Å². The maximum atomic E-state index is 12.4. The summed E-state index contributed by atoms with van der Waals surface area (Å²) in [6.07, 6.45) is 5.68. The summed E-state index contributed by atoms with van der Waals surface area (Å²) in [5.74, 6) is 3.03. The van der Waals surface area contributed by atoms with Gasteiger partial charge in [-0.2, -0.15) is 0 Å². The summed E-state index contributed by atoms with van der Waals surface area (Å²) in [5, 5.41) is 11.3. The first-order chi connectivity index (χ1) is 10.6. The van der Waals surface area contributed by atoms with Gasteiger partial charge >= 0.3 is 0 Å². The molecule has 118 valence electrons. The quantitative estimate of drug-likeness (QED) is 0.906. The Bertz CT molecular complexity index is 671. The first-order valence-corrected chi connectivity index (χ1v) is 7.79. The number of carbonyl (C=O) groups excluding carboxylic acids is 1. The number of hydrogen-bond donors (Lipinski definition) is 1. The largest absolute Gasteiger partial charge is 0.347 e. The molecule has 0 saturated heterocycles. The van der Waals surface area contributed by atoms with Crippen LogP contribution in [0, 0.1) is 0 Å². The van der Waals surface area contributed by atoms with Crippen molar-refractivity contribution in [1.82, 2.24) is 29.6 Å². The van der Waals surface area contributed by atoms with E-state index in [0.29, 0.717) is 6.54 Å². The molecule has 7 heteroatoms. The smallest absolute Gasteiger partial charge is 0.243 e. The highest BCUT2D eigenvalue weighted by Gasteiger charge is 2.21. The summed E-state index contributed by atoms with van der Waals surface area (Å²) in [7, 11) is 0. The Morgan fingerprint density at radius 2 is 2.18 bits per heavy atom. The van der Waals surface area contributed by atoms with Gasteiger partial charge in [-0.15, -0.1) is 10.2 Å². The second-order valence-electron chi connectivity index (χ2n) is 6.03. The van der Waals surface area contributed by atoms with Crippen LogP contribution in [0.25, 0.3) is 0 Å². The number of nitrogens with one attached hydrogen (secondary N) is 1. The van der Waals surface area contributed by atoms with Crippen LogP contribution in [0.3, 0.4) is 0 Å². The molecule has 0 fully saturated rings. The van der Waals surface area contributed by atoms with Gasteiger partial charge in [0.2, 0.25) is 5.91 Å². The van der Waals surface area contributed by atoms with Gasteiger partial charge in [-0.05, 0) is 13.3 Å². The molecular formula is C15H22N6O. The Hall–Kier alpha value is -2.18. The minimum absolute atomic E-state index is 0.0322. The van der Waals surface area contributed by atoms with Crippen molar-refractivity contribution in [2.45, 2.75) is 58.7 Å². The molecule has 0 saturated carbocycles. The molecule has 1 N–H and O–H groups in total. The third-order valence-electron chi connectivity index (χ3n) is 4.12. The molecule has 0 spiro atoms. The van der Waals surface area contributed by atoms with Gasteiger partial charge in [-0.25, -0.2) is 4.98 Å². The number of amides is 1. The zero-order valence-corrected chi connectivity index (χ0v) is 13.3. The maximum absolute atomic E-state index is 12.4. The van der Waals surface area contributed by atoms with E-state index in [-0.39, 0.29) is 17.9 Å². The number of rotatable bonds is 5. The van der Waals surface area contributed by atoms with Crippen molar-refractivity contribution in [3.8, 4) is 0 Å². The van der Waals surface area contributed by atoms with Gasteiger partial charge in [0, 0.05) is 31.3 Å². The maximum Gasteiger partial charge on any atom is 0.243 e. The third-order valence-corrected chi connectivity index (χ3v) is 4.12. The molecule has 3 rings (SSSR count). The predicted octanol–water partition coefficient (Wildman–Crippen LogP) is 1.42. The minimum atomic E-state index is -0.291. The van der Waals surface area contributed by atoms with E-state index in [4.69, 9.17) is 0 Å². The van der Waals surface area contributed by atoms with Crippen molar-refractivity contribution >= 4 is 5.91 Å². The van der Waals surface area contributed by atoms with Crippen molar-refractivity contribution in [3.63, 3.8) is 0 Å². The topological polar surface area (TPSA) is 77.6 Å². The molecule has 0 bridgehead atoms. The number of aromatic nitrogens is 5. The molecule has 1 aliphatic rings. The fourth-order valence-corrected chi connectivity index (χ4v) is 2.88. The number of fused-ring (bicyclic) bond motifs is 1. The van der Waals surface area contributed by atoms with Gasteiger partial charge in [0.1, 0.15) is 17.7 Å². The van der Waals surface area contributed by atoms with E-state index in [2.05, 4.69) is 38.9 Å². The van der Waals surface area contributed by atoms with Crippen LogP contribution in [0.15, 0.2) is 12.4 Å². The summed E-state index contributed by atoms with van der Waals surface area (Å²) >= 11 is 0. The number of nitrogens with zero attached hydrogens (tertiary/aromatic N) is 5. The zero-order valence-electron chi connectivity index (χ0n) is 13.3. The molecule has 0 unspecified atom stereocenters. The summed E-state index contributed by atoms with van der Waals surface area (Å²) in [5.41, 5.74) is 0. The molecular weight excluding hydrogens is 280 g/mol. The highest BCUT2D eigenvalue weighted by molar-refractivity contribution is 5.79. The molecule has 0 radical (unpaired) electrons. The molecule has 1 aliphatic heterocycles. The summed E-state index contributed by atoms with van der Waals surface area (Å²) in [4.78, 5) is 16.7. The Kier molecular flexibility index (Phi) is 3.96. The average Bonchev–Trinajstić information content (AvgIpc) is 3.19. The van der Waals surface area contributed by atoms with Crippen molar-refractivity contribution in [2.75, 3.05) is 0 Å². The molecule has 0 aromatic carbocycles. The number of hydrogen-bond acceptors (Lipinski definition) is 4. The van der Waals surface area contributed by atoms with Crippen LogP contribution in [0.4, 0.5) is 0 Å². The lowest BCUT2D eigenvalue weighted by Crippen LogP contribution is -2.32. The van der Waals surface area contributed by atoms with Crippen LogP contribution in [0.2, 0.25) is 0 Å². The van der Waals surface area contributed by atoms with Gasteiger partial charge in [0.25, 0.3) is 0 Å². The predicted molar refractivity (Wildman–Crippen MR) is 81.2 cm³/mol. The summed E-state index contributed by atoms with van der Waals surface area (Å²) in [6.45, 7) is 7.40. The van der Waals surface area contributed by atoms with E-state index in [1.165, 1.54) is 0 Å². The zero-order chi connectivity index (χ0) is 15.7. The highest BCUT2D eigenvalue weighted by atomic mass is 16.2. The Morgan fingerprint density at radius 1 is 1.36 bits per heavy atom. The Morgan fingerprint density at radius 3 is 2.95 bits per heavy atom. The van der Waals surface area contributed by atoms with E-state index >= 15 is 0 Å². The normalized spacial score (nSPS) is 15.1. The molecule has 2 aromatic rings. The average molecular weight is 302 g/mol. The van der Waals surface area contributed by atoms with Crippen LogP contribution in [-0.2, 0) is 24.3 Å². The molecule has 2 aromatic heterocycles. The second-order valence-corrected chi connectivity index (χ2v) is 6.03. The van der Waals surface area contributed by atoms with Crippen LogP contribution >= 0.6 is 0 Å². The minimum Gasteiger partial charge on any atom is -0.347 e. The second kappa shape index (κ2) is 5.90. The number of carbonyl (C=O) groups is 1. The van der Waals surface area contributed by atoms with Gasteiger partial charge < -0.3 is 14.5 Å². The summed E-state index contributed by atoms with van der Waals surface area (Å²) in [6, 6.07) is -0.291. The third kappa shape index (κ3) is 2.63. The molecule has 7 nitrogen and oxygen atoms in total. The van der Waals surface area contributed by atoms with E-state index in [1.54, 1.807) is 6.20 Å². The lowest BCUT2D eigenvalue weighted by atomic mass is 10.2. The number of imidazole rings is 1. The summed E-state index contributed by atoms with van der Waals surface area (Å²) < 4.78 is 4.02. The van der Waals surface area contributed by atoms with Crippen molar-refractivity contribution in [2.24, 2.45) is 0 Å². The lowest BCUT2D eigenvalue weighted by Gasteiger charge is -2.17. The van der Waals surface area contributed by atoms with E-state index in [9.17, 15) is 4.79 Å². The van der Waals surface area contributed by atoms with E-state index < -0.39 is 0 Å². The van der Waals surface area contributed by atoms with Gasteiger partial charge in [0.15, 0.2) is 5.82 Å². The molecule has 3 heterocycles. The fraction of sp³-hybridized carbons (Fsp3) is 0.600. The molecule has 1 atom stereocenters. The highest BCUT2D eigenvalue weighted by Crippen LogP contribution is 2.18. The van der Waals surface area contributed by atoms with Gasteiger partial charge in [-0.1, -0.05) is 13.8 Å². The molecule has 22 heavy (non-hydrogen) atoms. The van der Waals surface area contributed by atoms with E-state index in [1.807, 2.05) is 17.7 Å². The fourth-order valence-electron chi connectivity index (χ4n) is 2.88. The van der Waals surface area contributed by atoms with Crippen molar-refractivity contribution in [1.29, 1.82) is 0 Å². The van der Waals surface area contributed by atoms with Crippen molar-refractivity contribution < 1.29 is 4.79 Å². The SMILES string of the molecule is CC(C)c1nccn1[C@@H](C)C(=O)NCc1nnc2n1CCC2. The standard InChI is InChI=1S/C15H22N6O/c1-10(2)14-16-6-8-20(14)11(3)15(22)17-9-13-19-18-12-5-4-7-21(12)13/h6,8,10-11H,4-5,7,9H2,1-3H3,(H,17,22)/t11-/m0/s1. The van der Waals surface area contributed by atoms with Crippen molar-refractivity contribution in [3.05, 3.63) is 29.9 Å². The molecule has 1 amide bonds. The first-order valence-electron chi connectivity index (χ1n) is 7.79. The Labute approximate surface area is 129 Å². The number of aryl methyl sites for hydroxylation is 1. The van der Waals surface area contributed by atoms with Crippen LogP contribution in [0.1, 0.15) is 56.6 Å².